The minimum Gasteiger partial charge on any atom is -0.377 e. The van der Waals surface area contributed by atoms with Crippen molar-refractivity contribution in [2.45, 2.75) is 43.1 Å². The zero-order chi connectivity index (χ0) is 5.70. The first-order valence-corrected chi connectivity index (χ1v) is 2.32. The third-order valence-corrected chi connectivity index (χ3v) is 0.700. The summed E-state index contributed by atoms with van der Waals surface area (Å²) < 4.78 is 4.54. The number of hydrogen-bond donors (Lipinski definition) is 0. The molecule has 0 spiro atoms. The van der Waals surface area contributed by atoms with Crippen LogP contribution in [-0.4, -0.2) is 19.5 Å². The Bertz CT molecular complexity index is 60.6. The van der Waals surface area contributed by atoms with E-state index in [1.165, 1.54) is 7.11 Å². The van der Waals surface area contributed by atoms with E-state index in [9.17, 15) is 4.79 Å². The van der Waals surface area contributed by atoms with Crippen LogP contribution < -0.4 is 0 Å². The predicted octanol–water partition coefficient (Wildman–Crippen LogP) is 3.16. The molecule has 74 valence electrons. The van der Waals surface area contributed by atoms with Crippen LogP contribution in [0.3, 0.4) is 0 Å². The number of ketones is 1. The van der Waals surface area contributed by atoms with Crippen molar-refractivity contribution in [3.63, 3.8) is 0 Å². The van der Waals surface area contributed by atoms with Gasteiger partial charge in [0.1, 0.15) is 6.61 Å². The maximum atomic E-state index is 10.3. The zero-order valence-electron chi connectivity index (χ0n) is 4.73. The summed E-state index contributed by atoms with van der Waals surface area (Å²) in [4.78, 5) is 10.3. The first-order chi connectivity index (χ1) is 3.31. The Balaban J connectivity index is -0.0000000300. The van der Waals surface area contributed by atoms with E-state index in [2.05, 4.69) is 4.74 Å². The summed E-state index contributed by atoms with van der Waals surface area (Å²) in [6.45, 7) is 2.08. The second-order valence-corrected chi connectivity index (χ2v) is 1.33. The Hall–Kier alpha value is -0.370. The molecule has 0 N–H and O–H groups in total. The van der Waals surface area contributed by atoms with Gasteiger partial charge in [-0.25, -0.2) is 0 Å². The summed E-state index contributed by atoms with van der Waals surface area (Å²) in [6.07, 6.45) is 0.577. The fraction of sp³-hybridized carbons (Fsp3) is 0.889. The zero-order valence-corrected chi connectivity index (χ0v) is 4.73. The van der Waals surface area contributed by atoms with E-state index in [1.54, 1.807) is 0 Å². The topological polar surface area (TPSA) is 26.3 Å². The van der Waals surface area contributed by atoms with E-state index in [4.69, 9.17) is 0 Å². The molecule has 0 aromatic carbocycles. The normalized spacial score (nSPS) is 5.64. The van der Waals surface area contributed by atoms with Gasteiger partial charge >= 0.3 is 0 Å². The van der Waals surface area contributed by atoms with Crippen molar-refractivity contribution >= 4 is 5.78 Å². The van der Waals surface area contributed by atoms with Crippen molar-refractivity contribution in [3.05, 3.63) is 0 Å². The van der Waals surface area contributed by atoms with Crippen LogP contribution in [0.4, 0.5) is 0 Å². The highest BCUT2D eigenvalue weighted by Crippen LogP contribution is 1.78. The molecule has 0 radical (unpaired) electrons. The van der Waals surface area contributed by atoms with Crippen LogP contribution in [0.5, 0.6) is 0 Å². The highest BCUT2D eigenvalue weighted by molar-refractivity contribution is 5.79. The molecule has 2 nitrogen and oxygen atoms in total. The number of carbonyl (C=O) groups is 1. The largest absolute Gasteiger partial charge is 0.377 e. The number of methoxy groups -OCH3 is 1. The molecule has 0 heterocycles. The summed E-state index contributed by atoms with van der Waals surface area (Å²) in [7, 11) is 1.52. The van der Waals surface area contributed by atoms with Crippen LogP contribution in [0.1, 0.15) is 43.1 Å². The molecule has 0 atom stereocenters. The molecule has 2 heteroatoms. The minimum absolute atomic E-state index is 0. The Labute approximate surface area is 73.0 Å². The van der Waals surface area contributed by atoms with Crippen molar-refractivity contribution in [1.82, 2.24) is 0 Å². The van der Waals surface area contributed by atoms with Gasteiger partial charge in [-0.1, -0.05) is 36.6 Å². The molecular weight excluding hydrogens is 140 g/mol. The van der Waals surface area contributed by atoms with Gasteiger partial charge in [-0.2, -0.15) is 0 Å². The molecule has 0 aliphatic carbocycles. The highest BCUT2D eigenvalue weighted by atomic mass is 16.5. The molecule has 0 saturated heterocycles. The van der Waals surface area contributed by atoms with Crippen molar-refractivity contribution in [2.75, 3.05) is 13.7 Å². The van der Waals surface area contributed by atoms with Crippen molar-refractivity contribution in [3.8, 4) is 0 Å². The summed E-state index contributed by atoms with van der Waals surface area (Å²) in [6, 6.07) is 0. The second-order valence-electron chi connectivity index (χ2n) is 1.33. The standard InChI is InChI=1S/C5H10O2.4CH4/c1-3-5(6)4-7-2;;;;/h3-4H2,1-2H3;4*1H4. The lowest BCUT2D eigenvalue weighted by Gasteiger charge is -1.89. The molecule has 0 aliphatic rings. The Morgan fingerprint density at radius 3 is 1.64 bits per heavy atom. The van der Waals surface area contributed by atoms with Gasteiger partial charge in [-0.3, -0.25) is 4.79 Å². The van der Waals surface area contributed by atoms with Crippen LogP contribution in [0.15, 0.2) is 0 Å². The van der Waals surface area contributed by atoms with Gasteiger partial charge in [-0.05, 0) is 0 Å². The Morgan fingerprint density at radius 1 is 1.18 bits per heavy atom. The van der Waals surface area contributed by atoms with E-state index in [0.29, 0.717) is 6.42 Å². The summed E-state index contributed by atoms with van der Waals surface area (Å²) >= 11 is 0. The van der Waals surface area contributed by atoms with Gasteiger partial charge in [0, 0.05) is 13.5 Å². The lowest BCUT2D eigenvalue weighted by Crippen LogP contribution is -2.03. The van der Waals surface area contributed by atoms with E-state index in [-0.39, 0.29) is 42.1 Å². The van der Waals surface area contributed by atoms with Crippen LogP contribution >= 0.6 is 0 Å². The van der Waals surface area contributed by atoms with E-state index >= 15 is 0 Å². The van der Waals surface area contributed by atoms with Crippen LogP contribution in [0.2, 0.25) is 0 Å². The molecule has 0 aliphatic heterocycles. The van der Waals surface area contributed by atoms with Gasteiger partial charge in [0.05, 0.1) is 0 Å². The minimum atomic E-state index is 0. The van der Waals surface area contributed by atoms with Crippen molar-refractivity contribution < 1.29 is 9.53 Å². The lowest BCUT2D eigenvalue weighted by atomic mass is 10.3. The van der Waals surface area contributed by atoms with E-state index < -0.39 is 0 Å². The number of Topliss-reactive ketones (excluding diaryl/α,β-unsaturated/α-hetero) is 1. The molecule has 0 unspecified atom stereocenters. The van der Waals surface area contributed by atoms with Gasteiger partial charge < -0.3 is 4.74 Å². The average Bonchev–Trinajstić information content (AvgIpc) is 1.68. The van der Waals surface area contributed by atoms with E-state index in [0.717, 1.165) is 0 Å². The smallest absolute Gasteiger partial charge is 0.158 e. The molecule has 0 aromatic heterocycles. The molecular formula is C9H26O2. The fourth-order valence-electron chi connectivity index (χ4n) is 0.263. The van der Waals surface area contributed by atoms with E-state index in [1.807, 2.05) is 6.92 Å². The van der Waals surface area contributed by atoms with Crippen LogP contribution in [0, 0.1) is 0 Å². The number of hydrogen-bond acceptors (Lipinski definition) is 2. The first-order valence-electron chi connectivity index (χ1n) is 2.32. The Kier molecular flexibility index (Phi) is 64.0. The van der Waals surface area contributed by atoms with Gasteiger partial charge in [0.15, 0.2) is 5.78 Å². The maximum Gasteiger partial charge on any atom is 0.158 e. The molecule has 0 fully saturated rings. The van der Waals surface area contributed by atoms with Gasteiger partial charge in [-0.15, -0.1) is 0 Å². The first kappa shape index (κ1) is 31.1. The molecule has 0 saturated carbocycles. The summed E-state index contributed by atoms with van der Waals surface area (Å²) in [5, 5.41) is 0. The molecule has 0 rings (SSSR count). The fourth-order valence-corrected chi connectivity index (χ4v) is 0.263. The van der Waals surface area contributed by atoms with Gasteiger partial charge in [0.25, 0.3) is 0 Å². The van der Waals surface area contributed by atoms with Gasteiger partial charge in [0.2, 0.25) is 0 Å². The summed E-state index contributed by atoms with van der Waals surface area (Å²) in [5.74, 6) is 0.155. The molecule has 11 heavy (non-hydrogen) atoms. The predicted molar refractivity (Wildman–Crippen MR) is 54.1 cm³/mol. The molecule has 0 bridgehead atoms. The molecule has 0 aromatic rings. The number of carbonyl (C=O) groups excluding carboxylic acids is 1. The van der Waals surface area contributed by atoms with Crippen molar-refractivity contribution in [1.29, 1.82) is 0 Å². The van der Waals surface area contributed by atoms with Crippen LogP contribution in [-0.2, 0) is 9.53 Å². The second kappa shape index (κ2) is 22.6. The lowest BCUT2D eigenvalue weighted by molar-refractivity contribution is -0.122. The number of ether oxygens (including phenoxy) is 1. The third kappa shape index (κ3) is 26.2. The SMILES string of the molecule is C.C.C.C.CCC(=O)COC. The monoisotopic (exact) mass is 166 g/mol. The number of rotatable bonds is 3. The Morgan fingerprint density at radius 2 is 1.55 bits per heavy atom. The maximum absolute atomic E-state index is 10.3. The van der Waals surface area contributed by atoms with Crippen molar-refractivity contribution in [2.24, 2.45) is 0 Å². The van der Waals surface area contributed by atoms with Crippen LogP contribution in [0.25, 0.3) is 0 Å². The summed E-state index contributed by atoms with van der Waals surface area (Å²) in [5.41, 5.74) is 0. The third-order valence-electron chi connectivity index (χ3n) is 0.700. The average molecular weight is 166 g/mol. The quantitative estimate of drug-likeness (QED) is 0.643. The molecule has 0 amide bonds. The highest BCUT2D eigenvalue weighted by Gasteiger charge is 1.91.